The summed E-state index contributed by atoms with van der Waals surface area (Å²) >= 11 is 7.68. The number of aromatic nitrogens is 4. The Kier molecular flexibility index (Phi) is 7.93. The van der Waals surface area contributed by atoms with Gasteiger partial charge in [0.05, 0.1) is 39.4 Å². The van der Waals surface area contributed by atoms with Gasteiger partial charge in [-0.05, 0) is 50.2 Å². The highest BCUT2D eigenvalue weighted by Gasteiger charge is 2.21. The van der Waals surface area contributed by atoms with Crippen molar-refractivity contribution in [3.8, 4) is 22.9 Å². The first-order valence-electron chi connectivity index (χ1n) is 13.8. The van der Waals surface area contributed by atoms with Crippen molar-refractivity contribution < 1.29 is 14.6 Å². The Morgan fingerprint density at radius 2 is 1.91 bits per heavy atom. The topological polar surface area (TPSA) is 134 Å². The number of nitriles is 1. The van der Waals surface area contributed by atoms with E-state index in [1.54, 1.807) is 49.4 Å². The van der Waals surface area contributed by atoms with Crippen LogP contribution >= 0.6 is 22.9 Å². The molecule has 0 amide bonds. The molecule has 0 fully saturated rings. The van der Waals surface area contributed by atoms with E-state index >= 15 is 0 Å². The maximum absolute atomic E-state index is 13.9. The van der Waals surface area contributed by atoms with Gasteiger partial charge in [0.15, 0.2) is 5.82 Å². The van der Waals surface area contributed by atoms with Crippen molar-refractivity contribution in [2.24, 2.45) is 0 Å². The number of benzene rings is 2. The fourth-order valence-corrected chi connectivity index (χ4v) is 6.46. The molecule has 0 unspecified atom stereocenters. The molecule has 0 saturated heterocycles. The van der Waals surface area contributed by atoms with Crippen LogP contribution in [0, 0.1) is 25.2 Å². The van der Waals surface area contributed by atoms with Crippen LogP contribution in [0.3, 0.4) is 0 Å². The van der Waals surface area contributed by atoms with Crippen LogP contribution in [0.2, 0.25) is 5.02 Å². The molecule has 12 heteroatoms. The number of carboxylic acids is 1. The molecule has 0 atom stereocenters. The minimum Gasteiger partial charge on any atom is -0.491 e. The highest BCUT2D eigenvalue weighted by atomic mass is 35.5. The molecule has 224 valence electrons. The highest BCUT2D eigenvalue weighted by molar-refractivity contribution is 7.18. The molecule has 0 spiro atoms. The van der Waals surface area contributed by atoms with Crippen molar-refractivity contribution in [3.05, 3.63) is 104 Å². The van der Waals surface area contributed by atoms with Gasteiger partial charge in [-0.15, -0.1) is 11.3 Å². The molecule has 0 radical (unpaired) electrons. The molecule has 0 saturated carbocycles. The fraction of sp³-hybridized carbons (Fsp3) is 0.152. The van der Waals surface area contributed by atoms with E-state index in [0.29, 0.717) is 49.4 Å². The molecular formula is C33H25ClN6O4S. The number of halogens is 1. The second kappa shape index (κ2) is 12.0. The lowest BCUT2D eigenvalue weighted by Gasteiger charge is -2.20. The van der Waals surface area contributed by atoms with Gasteiger partial charge in [0.25, 0.3) is 5.56 Å². The summed E-state index contributed by atoms with van der Waals surface area (Å²) in [5.74, 6) is 0.260. The molecule has 2 aromatic carbocycles. The fourth-order valence-electron chi connectivity index (χ4n) is 5.28. The quantitative estimate of drug-likeness (QED) is 0.192. The molecule has 6 aromatic rings. The van der Waals surface area contributed by atoms with Crippen molar-refractivity contribution in [1.82, 2.24) is 19.5 Å². The maximum atomic E-state index is 13.9. The van der Waals surface area contributed by atoms with E-state index < -0.39 is 5.97 Å². The number of nitrogens with zero attached hydrogens (tertiary/aromatic N) is 6. The van der Waals surface area contributed by atoms with Crippen LogP contribution in [0.4, 0.5) is 11.5 Å². The number of hydrogen-bond donors (Lipinski definition) is 1. The van der Waals surface area contributed by atoms with E-state index in [9.17, 15) is 20.0 Å². The standard InChI is InChI=1S/C33H25ClN6O4S/c1-18-13-23(30-29(37-18)25(17-45-30)33(42)43)22-14-20(34)9-10-27(22)44-12-11-40-19(2)38-26-16-36-31(24(15-35)28(26)32(40)41)39(3)21-7-5-4-6-8-21/h4-10,13-14,16-17H,11-12H2,1-3H3,(H,42,43). The number of carboxylic acid groups (broad SMARTS) is 1. The molecule has 0 bridgehead atoms. The van der Waals surface area contributed by atoms with Crippen molar-refractivity contribution in [2.75, 3.05) is 18.6 Å². The number of thiophene rings is 1. The highest BCUT2D eigenvalue weighted by Crippen LogP contribution is 2.40. The van der Waals surface area contributed by atoms with E-state index in [4.69, 9.17) is 16.3 Å². The van der Waals surface area contributed by atoms with Crippen molar-refractivity contribution in [2.45, 2.75) is 20.4 Å². The molecule has 0 aliphatic rings. The van der Waals surface area contributed by atoms with E-state index in [2.05, 4.69) is 21.0 Å². The first-order chi connectivity index (χ1) is 21.7. The van der Waals surface area contributed by atoms with E-state index in [1.165, 1.54) is 22.1 Å². The monoisotopic (exact) mass is 636 g/mol. The van der Waals surface area contributed by atoms with Crippen molar-refractivity contribution in [3.63, 3.8) is 0 Å². The third-order valence-corrected chi connectivity index (χ3v) is 8.67. The number of anilines is 2. The molecular weight excluding hydrogens is 612 g/mol. The molecule has 1 N–H and O–H groups in total. The average Bonchev–Trinajstić information content (AvgIpc) is 3.46. The molecule has 4 heterocycles. The van der Waals surface area contributed by atoms with E-state index in [1.807, 2.05) is 36.4 Å². The summed E-state index contributed by atoms with van der Waals surface area (Å²) in [7, 11) is 1.79. The zero-order valence-corrected chi connectivity index (χ0v) is 26.0. The van der Waals surface area contributed by atoms with Gasteiger partial charge >= 0.3 is 5.97 Å². The van der Waals surface area contributed by atoms with Gasteiger partial charge in [-0.25, -0.2) is 14.8 Å². The van der Waals surface area contributed by atoms with Crippen LogP contribution < -0.4 is 15.2 Å². The van der Waals surface area contributed by atoms with Gasteiger partial charge in [-0.3, -0.25) is 14.3 Å². The number of ether oxygens (including phenoxy) is 1. The summed E-state index contributed by atoms with van der Waals surface area (Å²) in [5, 5.41) is 22.0. The number of carbonyl (C=O) groups is 1. The number of aromatic carboxylic acids is 1. The Balaban J connectivity index is 1.35. The van der Waals surface area contributed by atoms with Gasteiger partial charge in [0, 0.05) is 40.0 Å². The molecule has 0 aliphatic heterocycles. The predicted octanol–water partition coefficient (Wildman–Crippen LogP) is 6.76. The van der Waals surface area contributed by atoms with E-state index in [0.717, 1.165) is 11.3 Å². The van der Waals surface area contributed by atoms with Crippen LogP contribution in [0.15, 0.2) is 71.0 Å². The number of rotatable bonds is 8. The first kappa shape index (κ1) is 29.7. The predicted molar refractivity (Wildman–Crippen MR) is 175 cm³/mol. The zero-order valence-electron chi connectivity index (χ0n) is 24.4. The molecule has 6 rings (SSSR count). The Bertz CT molecular complexity index is 2230. The second-order valence-electron chi connectivity index (χ2n) is 10.3. The van der Waals surface area contributed by atoms with E-state index in [-0.39, 0.29) is 35.2 Å². The smallest absolute Gasteiger partial charge is 0.338 e. The third-order valence-electron chi connectivity index (χ3n) is 7.43. The third kappa shape index (κ3) is 5.46. The number of pyridine rings is 2. The average molecular weight is 637 g/mol. The van der Waals surface area contributed by atoms with Crippen LogP contribution in [-0.4, -0.2) is 44.2 Å². The number of hydrogen-bond acceptors (Lipinski definition) is 9. The Morgan fingerprint density at radius 1 is 1.13 bits per heavy atom. The van der Waals surface area contributed by atoms with Gasteiger partial charge in [-0.1, -0.05) is 29.8 Å². The minimum absolute atomic E-state index is 0.102. The van der Waals surface area contributed by atoms with Gasteiger partial charge in [0.1, 0.15) is 29.8 Å². The largest absolute Gasteiger partial charge is 0.491 e. The van der Waals surface area contributed by atoms with Crippen LogP contribution in [0.25, 0.3) is 32.2 Å². The summed E-state index contributed by atoms with van der Waals surface area (Å²) in [5.41, 5.74) is 3.52. The Morgan fingerprint density at radius 3 is 2.64 bits per heavy atom. The second-order valence-corrected chi connectivity index (χ2v) is 11.6. The Labute approximate surface area is 266 Å². The van der Waals surface area contributed by atoms with Gasteiger partial charge < -0.3 is 14.7 Å². The summed E-state index contributed by atoms with van der Waals surface area (Å²) < 4.78 is 8.41. The lowest BCUT2D eigenvalue weighted by molar-refractivity contribution is 0.0699. The molecule has 45 heavy (non-hydrogen) atoms. The van der Waals surface area contributed by atoms with Crippen molar-refractivity contribution in [1.29, 1.82) is 5.26 Å². The summed E-state index contributed by atoms with van der Waals surface area (Å²) in [6.07, 6.45) is 1.51. The molecule has 4 aromatic heterocycles. The summed E-state index contributed by atoms with van der Waals surface area (Å²) in [6.45, 7) is 3.77. The number of fused-ring (bicyclic) bond motifs is 2. The first-order valence-corrected chi connectivity index (χ1v) is 15.1. The van der Waals surface area contributed by atoms with Gasteiger partial charge in [0.2, 0.25) is 0 Å². The van der Waals surface area contributed by atoms with Crippen LogP contribution in [-0.2, 0) is 6.54 Å². The van der Waals surface area contributed by atoms with Crippen LogP contribution in [0.5, 0.6) is 5.75 Å². The number of para-hydroxylation sites is 1. The Hall–Kier alpha value is -5.31. The summed E-state index contributed by atoms with van der Waals surface area (Å²) in [4.78, 5) is 40.9. The lowest BCUT2D eigenvalue weighted by atomic mass is 10.0. The lowest BCUT2D eigenvalue weighted by Crippen LogP contribution is -2.28. The normalized spacial score (nSPS) is 11.1. The SMILES string of the molecule is Cc1cc(-c2cc(Cl)ccc2OCCn2c(C)nc3cnc(N(C)c4ccccc4)c(C#N)c3c2=O)c2scc(C(=O)O)c2n1. The van der Waals surface area contributed by atoms with Gasteiger partial charge in [-0.2, -0.15) is 5.26 Å². The van der Waals surface area contributed by atoms with Crippen molar-refractivity contribution >= 4 is 61.5 Å². The molecule has 0 aliphatic carbocycles. The van der Waals surface area contributed by atoms with Crippen LogP contribution in [0.1, 0.15) is 27.4 Å². The maximum Gasteiger partial charge on any atom is 0.338 e. The zero-order chi connectivity index (χ0) is 31.8. The number of aryl methyl sites for hydroxylation is 2. The summed E-state index contributed by atoms with van der Waals surface area (Å²) in [6, 6.07) is 18.7. The molecule has 10 nitrogen and oxygen atoms in total. The minimum atomic E-state index is -1.05.